The number of fused-ring (bicyclic) bond motifs is 1. The Balaban J connectivity index is 1.35. The van der Waals surface area contributed by atoms with Gasteiger partial charge in [0.1, 0.15) is 0 Å². The molecule has 2 aromatic heterocycles. The number of nitrogens with one attached hydrogen (secondary N) is 3. The van der Waals surface area contributed by atoms with Gasteiger partial charge in [-0.15, -0.1) is 22.7 Å². The molecule has 0 spiro atoms. The standard InChI is InChI=1S/C19H16N4O3S2/c24-16-6-3-11-8-12(4-5-14(11)22-16)20-17(25)9-13-10-28-19(21-13)23-18(26)15-2-1-7-27-15/h1-2,4-5,7-8,10H,3,6,9H2,(H,20,25)(H,22,24)(H,21,23,26). The summed E-state index contributed by atoms with van der Waals surface area (Å²) in [6, 6.07) is 8.98. The molecular formula is C19H16N4O3S2. The molecule has 1 aromatic carbocycles. The fraction of sp³-hybridized carbons (Fsp3) is 0.158. The van der Waals surface area contributed by atoms with E-state index in [2.05, 4.69) is 20.9 Å². The van der Waals surface area contributed by atoms with Crippen LogP contribution in [0.15, 0.2) is 41.1 Å². The number of rotatable bonds is 5. The van der Waals surface area contributed by atoms with E-state index in [9.17, 15) is 14.4 Å². The first-order valence-corrected chi connectivity index (χ1v) is 10.3. The highest BCUT2D eigenvalue weighted by Crippen LogP contribution is 2.26. The fourth-order valence-corrected chi connectivity index (χ4v) is 4.17. The minimum absolute atomic E-state index is 0.00907. The summed E-state index contributed by atoms with van der Waals surface area (Å²) in [7, 11) is 0. The van der Waals surface area contributed by atoms with E-state index in [0.29, 0.717) is 34.2 Å². The molecular weight excluding hydrogens is 396 g/mol. The van der Waals surface area contributed by atoms with Crippen molar-refractivity contribution >= 4 is 56.9 Å². The Kier molecular flexibility index (Phi) is 5.18. The zero-order chi connectivity index (χ0) is 19.5. The first-order chi connectivity index (χ1) is 13.6. The highest BCUT2D eigenvalue weighted by atomic mass is 32.1. The summed E-state index contributed by atoms with van der Waals surface area (Å²) in [4.78, 5) is 40.7. The highest BCUT2D eigenvalue weighted by molar-refractivity contribution is 7.14. The van der Waals surface area contributed by atoms with Gasteiger partial charge in [0.05, 0.1) is 17.0 Å². The number of thiazole rings is 1. The second-order valence-electron chi connectivity index (χ2n) is 6.22. The molecule has 4 rings (SSSR count). The predicted molar refractivity (Wildman–Crippen MR) is 110 cm³/mol. The number of carbonyl (C=O) groups is 3. The van der Waals surface area contributed by atoms with Crippen molar-refractivity contribution < 1.29 is 14.4 Å². The molecule has 3 N–H and O–H groups in total. The maximum Gasteiger partial charge on any atom is 0.267 e. The van der Waals surface area contributed by atoms with Crippen LogP contribution in [0.4, 0.5) is 16.5 Å². The molecule has 0 fully saturated rings. The first kappa shape index (κ1) is 18.3. The molecule has 0 unspecified atom stereocenters. The van der Waals surface area contributed by atoms with Gasteiger partial charge in [0, 0.05) is 23.2 Å². The van der Waals surface area contributed by atoms with E-state index < -0.39 is 0 Å². The molecule has 0 saturated heterocycles. The summed E-state index contributed by atoms with van der Waals surface area (Å²) in [5.41, 5.74) is 3.07. The number of amides is 3. The average molecular weight is 412 g/mol. The first-order valence-electron chi connectivity index (χ1n) is 8.59. The second kappa shape index (κ2) is 7.91. The third-order valence-electron chi connectivity index (χ3n) is 4.14. The van der Waals surface area contributed by atoms with Gasteiger partial charge in [-0.25, -0.2) is 4.98 Å². The van der Waals surface area contributed by atoms with E-state index in [-0.39, 0.29) is 24.1 Å². The Morgan fingerprint density at radius 3 is 2.86 bits per heavy atom. The number of anilines is 3. The van der Waals surface area contributed by atoms with Gasteiger partial charge in [0.15, 0.2) is 5.13 Å². The quantitative estimate of drug-likeness (QED) is 0.597. The Hall–Kier alpha value is -3.04. The number of hydrogen-bond donors (Lipinski definition) is 3. The normalized spacial score (nSPS) is 12.8. The Morgan fingerprint density at radius 2 is 2.04 bits per heavy atom. The molecule has 3 aromatic rings. The van der Waals surface area contributed by atoms with Gasteiger partial charge in [0.25, 0.3) is 5.91 Å². The van der Waals surface area contributed by atoms with Gasteiger partial charge < -0.3 is 10.6 Å². The second-order valence-corrected chi connectivity index (χ2v) is 8.03. The number of aromatic nitrogens is 1. The lowest BCUT2D eigenvalue weighted by atomic mass is 10.0. The molecule has 3 amide bonds. The van der Waals surface area contributed by atoms with Crippen molar-refractivity contribution in [1.82, 2.24) is 4.98 Å². The summed E-state index contributed by atoms with van der Waals surface area (Å²) in [5, 5.41) is 12.5. The number of benzene rings is 1. The van der Waals surface area contributed by atoms with E-state index in [1.165, 1.54) is 22.7 Å². The van der Waals surface area contributed by atoms with Gasteiger partial charge in [0.2, 0.25) is 11.8 Å². The molecule has 0 atom stereocenters. The molecule has 0 saturated carbocycles. The number of thiophene rings is 1. The molecule has 9 heteroatoms. The minimum atomic E-state index is -0.207. The Labute approximate surface area is 168 Å². The van der Waals surface area contributed by atoms with Crippen LogP contribution in [0.1, 0.15) is 27.3 Å². The zero-order valence-corrected chi connectivity index (χ0v) is 16.3. The van der Waals surface area contributed by atoms with Gasteiger partial charge >= 0.3 is 0 Å². The van der Waals surface area contributed by atoms with Gasteiger partial charge in [-0.05, 0) is 41.6 Å². The molecule has 1 aliphatic heterocycles. The van der Waals surface area contributed by atoms with E-state index >= 15 is 0 Å². The third-order valence-corrected chi connectivity index (χ3v) is 5.82. The SMILES string of the molecule is O=C(Cc1csc(NC(=O)c2cccs2)n1)Nc1ccc2c(c1)CCC(=O)N2. The predicted octanol–water partition coefficient (Wildman–Crippen LogP) is 3.52. The molecule has 0 bridgehead atoms. The molecule has 3 heterocycles. The van der Waals surface area contributed by atoms with E-state index in [1.807, 2.05) is 17.5 Å². The lowest BCUT2D eigenvalue weighted by molar-refractivity contribution is -0.117. The maximum atomic E-state index is 12.3. The number of aryl methyl sites for hydroxylation is 1. The molecule has 28 heavy (non-hydrogen) atoms. The number of carbonyl (C=O) groups excluding carboxylic acids is 3. The van der Waals surface area contributed by atoms with Crippen LogP contribution >= 0.6 is 22.7 Å². The van der Waals surface area contributed by atoms with Crippen LogP contribution in [0.5, 0.6) is 0 Å². The summed E-state index contributed by atoms with van der Waals surface area (Å²) < 4.78 is 0. The van der Waals surface area contributed by atoms with E-state index in [1.54, 1.807) is 23.6 Å². The van der Waals surface area contributed by atoms with Crippen LogP contribution in [0, 0.1) is 0 Å². The summed E-state index contributed by atoms with van der Waals surface area (Å²) >= 11 is 2.64. The largest absolute Gasteiger partial charge is 0.326 e. The van der Waals surface area contributed by atoms with Crippen molar-refractivity contribution in [3.63, 3.8) is 0 Å². The van der Waals surface area contributed by atoms with Gasteiger partial charge in [-0.3, -0.25) is 19.7 Å². The molecule has 0 aliphatic carbocycles. The summed E-state index contributed by atoms with van der Waals surface area (Å²) in [6.45, 7) is 0. The number of nitrogens with zero attached hydrogens (tertiary/aromatic N) is 1. The Morgan fingerprint density at radius 1 is 1.14 bits per heavy atom. The average Bonchev–Trinajstić information content (AvgIpc) is 3.34. The highest BCUT2D eigenvalue weighted by Gasteiger charge is 2.16. The van der Waals surface area contributed by atoms with Crippen LogP contribution < -0.4 is 16.0 Å². The van der Waals surface area contributed by atoms with Crippen LogP contribution in [0.25, 0.3) is 0 Å². The fourth-order valence-electron chi connectivity index (χ4n) is 2.84. The monoisotopic (exact) mass is 412 g/mol. The van der Waals surface area contributed by atoms with Gasteiger partial charge in [-0.2, -0.15) is 0 Å². The molecule has 0 radical (unpaired) electrons. The smallest absolute Gasteiger partial charge is 0.267 e. The van der Waals surface area contributed by atoms with Crippen LogP contribution in [-0.4, -0.2) is 22.7 Å². The molecule has 142 valence electrons. The van der Waals surface area contributed by atoms with E-state index in [4.69, 9.17) is 0 Å². The van der Waals surface area contributed by atoms with Crippen molar-refractivity contribution in [1.29, 1.82) is 0 Å². The van der Waals surface area contributed by atoms with Crippen LogP contribution in [0.3, 0.4) is 0 Å². The third kappa shape index (κ3) is 4.26. The van der Waals surface area contributed by atoms with Crippen molar-refractivity contribution in [2.45, 2.75) is 19.3 Å². The van der Waals surface area contributed by atoms with Gasteiger partial charge in [-0.1, -0.05) is 6.07 Å². The molecule has 7 nitrogen and oxygen atoms in total. The lowest BCUT2D eigenvalue weighted by Crippen LogP contribution is -2.20. The van der Waals surface area contributed by atoms with Crippen LogP contribution in [0.2, 0.25) is 0 Å². The molecule has 1 aliphatic rings. The lowest BCUT2D eigenvalue weighted by Gasteiger charge is -2.17. The topological polar surface area (TPSA) is 100 Å². The van der Waals surface area contributed by atoms with Crippen molar-refractivity contribution in [2.24, 2.45) is 0 Å². The van der Waals surface area contributed by atoms with E-state index in [0.717, 1.165) is 11.3 Å². The van der Waals surface area contributed by atoms with Crippen LogP contribution in [-0.2, 0) is 22.4 Å². The minimum Gasteiger partial charge on any atom is -0.326 e. The van der Waals surface area contributed by atoms with Crippen molar-refractivity contribution in [3.05, 3.63) is 57.2 Å². The number of hydrogen-bond acceptors (Lipinski definition) is 6. The van der Waals surface area contributed by atoms with Crippen molar-refractivity contribution in [3.8, 4) is 0 Å². The summed E-state index contributed by atoms with van der Waals surface area (Å²) in [6.07, 6.45) is 1.21. The maximum absolute atomic E-state index is 12.3. The van der Waals surface area contributed by atoms with Crippen molar-refractivity contribution in [2.75, 3.05) is 16.0 Å². The summed E-state index contributed by atoms with van der Waals surface area (Å²) in [5.74, 6) is -0.391. The Bertz CT molecular complexity index is 1040. The zero-order valence-electron chi connectivity index (χ0n) is 14.7.